The number of benzene rings is 3. The first-order valence-electron chi connectivity index (χ1n) is 10.5. The Bertz CT molecular complexity index is 1280. The smallest absolute Gasteiger partial charge is 0.232 e. The summed E-state index contributed by atoms with van der Waals surface area (Å²) in [5, 5.41) is 12.6. The van der Waals surface area contributed by atoms with Crippen molar-refractivity contribution in [3.63, 3.8) is 0 Å². The Kier molecular flexibility index (Phi) is 7.00. The molecule has 0 spiro atoms. The van der Waals surface area contributed by atoms with E-state index in [9.17, 15) is 9.50 Å². The summed E-state index contributed by atoms with van der Waals surface area (Å²) < 4.78 is 26.4. The largest absolute Gasteiger partial charge is 0.486 e. The molecule has 0 amide bonds. The third-order valence-corrected chi connectivity index (χ3v) is 4.89. The Balaban J connectivity index is 1.58. The Morgan fingerprint density at radius 3 is 2.65 bits per heavy atom. The van der Waals surface area contributed by atoms with E-state index < -0.39 is 12.0 Å². The van der Waals surface area contributed by atoms with E-state index in [1.807, 2.05) is 30.3 Å². The zero-order chi connectivity index (χ0) is 23.9. The molecule has 7 nitrogen and oxygen atoms in total. The van der Waals surface area contributed by atoms with Gasteiger partial charge in [-0.1, -0.05) is 49.0 Å². The summed E-state index contributed by atoms with van der Waals surface area (Å²) in [6.45, 7) is 3.77. The van der Waals surface area contributed by atoms with E-state index in [2.05, 4.69) is 21.9 Å². The molecule has 0 saturated carbocycles. The van der Waals surface area contributed by atoms with Crippen LogP contribution in [0.4, 0.5) is 15.9 Å². The average Bonchev–Trinajstić information content (AvgIpc) is 2.84. The lowest BCUT2D eigenvalue weighted by Crippen LogP contribution is -2.14. The van der Waals surface area contributed by atoms with Crippen molar-refractivity contribution in [1.29, 1.82) is 0 Å². The highest BCUT2D eigenvalue weighted by atomic mass is 19.1. The standard InChI is InChI=1S/C26H23FN4O3/c1-2-23(32)31-19-9-6-10-20(14-19)34-26-24(25(28)29-16-30-26)18-11-12-22(21(27)13-18)33-15-17-7-4-3-5-8-17/h2-14,16,23,31-32H,1,15H2,(H2,28,29,30). The first-order chi connectivity index (χ1) is 16.5. The fourth-order valence-corrected chi connectivity index (χ4v) is 3.23. The number of anilines is 2. The zero-order valence-corrected chi connectivity index (χ0v) is 18.2. The fraction of sp³-hybridized carbons (Fsp3) is 0.0769. The maximum atomic E-state index is 14.8. The number of halogens is 1. The van der Waals surface area contributed by atoms with E-state index in [-0.39, 0.29) is 24.1 Å². The van der Waals surface area contributed by atoms with Gasteiger partial charge in [-0.2, -0.15) is 0 Å². The molecule has 8 heteroatoms. The minimum Gasteiger partial charge on any atom is -0.486 e. The van der Waals surface area contributed by atoms with Crippen LogP contribution in [0.1, 0.15) is 5.56 Å². The molecule has 172 valence electrons. The van der Waals surface area contributed by atoms with Crippen molar-refractivity contribution in [2.45, 2.75) is 12.8 Å². The second-order valence-corrected chi connectivity index (χ2v) is 7.31. The maximum absolute atomic E-state index is 14.8. The molecule has 0 aliphatic carbocycles. The molecule has 1 atom stereocenters. The SMILES string of the molecule is C=CC(O)Nc1cccc(Oc2ncnc(N)c2-c2ccc(OCc3ccccc3)c(F)c2)c1. The summed E-state index contributed by atoms with van der Waals surface area (Å²) in [5.74, 6) is 0.297. The number of hydrogen-bond acceptors (Lipinski definition) is 7. The molecule has 1 heterocycles. The summed E-state index contributed by atoms with van der Waals surface area (Å²) in [6, 6.07) is 20.9. The molecule has 4 aromatic rings. The van der Waals surface area contributed by atoms with Crippen LogP contribution in [0.3, 0.4) is 0 Å². The first-order valence-corrected chi connectivity index (χ1v) is 10.5. The van der Waals surface area contributed by atoms with Gasteiger partial charge in [-0.05, 0) is 41.5 Å². The van der Waals surface area contributed by atoms with Gasteiger partial charge in [0.25, 0.3) is 0 Å². The van der Waals surface area contributed by atoms with Gasteiger partial charge in [0.2, 0.25) is 5.88 Å². The van der Waals surface area contributed by atoms with Crippen molar-refractivity contribution in [2.24, 2.45) is 0 Å². The molecule has 0 aliphatic rings. The monoisotopic (exact) mass is 458 g/mol. The molecule has 0 saturated heterocycles. The van der Waals surface area contributed by atoms with Crippen molar-refractivity contribution >= 4 is 11.5 Å². The molecule has 0 fully saturated rings. The molecule has 34 heavy (non-hydrogen) atoms. The first kappa shape index (κ1) is 22.8. The second-order valence-electron chi connectivity index (χ2n) is 7.31. The predicted molar refractivity (Wildman–Crippen MR) is 129 cm³/mol. The Labute approximate surface area is 196 Å². The molecule has 0 radical (unpaired) electrons. The highest BCUT2D eigenvalue weighted by molar-refractivity contribution is 5.78. The van der Waals surface area contributed by atoms with E-state index in [4.69, 9.17) is 15.2 Å². The Hall–Kier alpha value is -4.43. The number of aromatic nitrogens is 2. The number of nitrogens with zero attached hydrogens (tertiary/aromatic N) is 2. The Morgan fingerprint density at radius 2 is 1.88 bits per heavy atom. The van der Waals surface area contributed by atoms with Gasteiger partial charge in [-0.25, -0.2) is 14.4 Å². The van der Waals surface area contributed by atoms with Gasteiger partial charge in [0.15, 0.2) is 11.6 Å². The predicted octanol–water partition coefficient (Wildman–Crippen LogP) is 5.15. The molecule has 0 bridgehead atoms. The van der Waals surface area contributed by atoms with E-state index in [0.717, 1.165) is 5.56 Å². The van der Waals surface area contributed by atoms with Gasteiger partial charge in [0, 0.05) is 11.8 Å². The van der Waals surface area contributed by atoms with Gasteiger partial charge >= 0.3 is 0 Å². The lowest BCUT2D eigenvalue weighted by atomic mass is 10.1. The van der Waals surface area contributed by atoms with Gasteiger partial charge in [0.05, 0.1) is 5.56 Å². The highest BCUT2D eigenvalue weighted by Gasteiger charge is 2.17. The molecular formula is C26H23FN4O3. The molecule has 3 aromatic carbocycles. The fourth-order valence-electron chi connectivity index (χ4n) is 3.23. The topological polar surface area (TPSA) is 103 Å². The molecule has 4 N–H and O–H groups in total. The Morgan fingerprint density at radius 1 is 1.06 bits per heavy atom. The van der Waals surface area contributed by atoms with Crippen molar-refractivity contribution in [3.8, 4) is 28.5 Å². The van der Waals surface area contributed by atoms with E-state index >= 15 is 0 Å². The van der Waals surface area contributed by atoms with Crippen LogP contribution in [0.15, 0.2) is 91.8 Å². The number of ether oxygens (including phenoxy) is 2. The minimum absolute atomic E-state index is 0.116. The number of aliphatic hydroxyl groups excluding tert-OH is 1. The maximum Gasteiger partial charge on any atom is 0.232 e. The number of nitrogen functional groups attached to an aromatic ring is 1. The van der Waals surface area contributed by atoms with Crippen molar-refractivity contribution in [2.75, 3.05) is 11.1 Å². The minimum atomic E-state index is -0.911. The quantitative estimate of drug-likeness (QED) is 0.235. The number of rotatable bonds is 9. The average molecular weight is 458 g/mol. The van der Waals surface area contributed by atoms with Crippen molar-refractivity contribution in [1.82, 2.24) is 9.97 Å². The van der Waals surface area contributed by atoms with Gasteiger partial charge in [-0.3, -0.25) is 0 Å². The summed E-state index contributed by atoms with van der Waals surface area (Å²) in [6.07, 6.45) is 1.72. The summed E-state index contributed by atoms with van der Waals surface area (Å²) in [5.41, 5.74) is 8.43. The second kappa shape index (κ2) is 10.5. The number of hydrogen-bond donors (Lipinski definition) is 3. The molecule has 0 aliphatic heterocycles. The lowest BCUT2D eigenvalue weighted by Gasteiger charge is -2.14. The van der Waals surface area contributed by atoms with Crippen molar-refractivity contribution in [3.05, 3.63) is 103 Å². The molecule has 1 unspecified atom stereocenters. The van der Waals surface area contributed by atoms with Crippen LogP contribution in [0.2, 0.25) is 0 Å². The van der Waals surface area contributed by atoms with Crippen molar-refractivity contribution < 1.29 is 19.0 Å². The zero-order valence-electron chi connectivity index (χ0n) is 18.2. The van der Waals surface area contributed by atoms with E-state index in [1.54, 1.807) is 30.3 Å². The van der Waals surface area contributed by atoms with Gasteiger partial charge in [0.1, 0.15) is 30.7 Å². The van der Waals surface area contributed by atoms with Crippen LogP contribution in [-0.4, -0.2) is 21.3 Å². The lowest BCUT2D eigenvalue weighted by molar-refractivity contribution is 0.253. The summed E-state index contributed by atoms with van der Waals surface area (Å²) in [7, 11) is 0. The van der Waals surface area contributed by atoms with Crippen LogP contribution in [0, 0.1) is 5.82 Å². The van der Waals surface area contributed by atoms with Crippen LogP contribution in [-0.2, 0) is 6.61 Å². The van der Waals surface area contributed by atoms with Crippen LogP contribution in [0.5, 0.6) is 17.4 Å². The van der Waals surface area contributed by atoms with E-state index in [0.29, 0.717) is 22.6 Å². The van der Waals surface area contributed by atoms with E-state index in [1.165, 1.54) is 24.5 Å². The number of nitrogens with one attached hydrogen (secondary N) is 1. The normalized spacial score (nSPS) is 11.5. The number of aliphatic hydroxyl groups is 1. The number of nitrogens with two attached hydrogens (primary N) is 1. The van der Waals surface area contributed by atoms with Crippen LogP contribution < -0.4 is 20.5 Å². The van der Waals surface area contributed by atoms with Crippen LogP contribution >= 0.6 is 0 Å². The molecule has 1 aromatic heterocycles. The van der Waals surface area contributed by atoms with Gasteiger partial charge < -0.3 is 25.6 Å². The molecular weight excluding hydrogens is 435 g/mol. The molecule has 4 rings (SSSR count). The third kappa shape index (κ3) is 5.48. The summed E-state index contributed by atoms with van der Waals surface area (Å²) >= 11 is 0. The van der Waals surface area contributed by atoms with Crippen LogP contribution in [0.25, 0.3) is 11.1 Å². The van der Waals surface area contributed by atoms with Gasteiger partial charge in [-0.15, -0.1) is 0 Å². The summed E-state index contributed by atoms with van der Waals surface area (Å²) in [4.78, 5) is 8.22. The third-order valence-electron chi connectivity index (χ3n) is 4.89. The highest BCUT2D eigenvalue weighted by Crippen LogP contribution is 2.37.